The lowest BCUT2D eigenvalue weighted by Gasteiger charge is -2.27. The summed E-state index contributed by atoms with van der Waals surface area (Å²) in [5.74, 6) is -1.07. The fourth-order valence-electron chi connectivity index (χ4n) is 4.16. The molecular weight excluding hydrogens is 562 g/mol. The Morgan fingerprint density at radius 3 is 2.55 bits per heavy atom. The van der Waals surface area contributed by atoms with Gasteiger partial charge in [0.1, 0.15) is 18.1 Å². The van der Waals surface area contributed by atoms with Crippen molar-refractivity contribution in [3.8, 4) is 0 Å². The second-order valence-electron chi connectivity index (χ2n) is 8.92. The molecular formula is C27H34BrNO9. The Labute approximate surface area is 230 Å². The first-order valence-corrected chi connectivity index (χ1v) is 13.4. The van der Waals surface area contributed by atoms with E-state index in [9.17, 15) is 14.4 Å². The number of aryl methyl sites for hydroxylation is 1. The molecule has 11 heteroatoms. The number of aliphatic hydroxyl groups excluding tert-OH is 1. The number of amides is 2. The Hall–Kier alpha value is -2.73. The lowest BCUT2D eigenvalue weighted by molar-refractivity contribution is -0.154. The van der Waals surface area contributed by atoms with Gasteiger partial charge in [-0.1, -0.05) is 30.3 Å². The number of ether oxygens (including phenoxy) is 4. The van der Waals surface area contributed by atoms with Gasteiger partial charge in [-0.05, 0) is 47.3 Å². The number of furan rings is 1. The van der Waals surface area contributed by atoms with E-state index in [1.807, 2.05) is 30.3 Å². The van der Waals surface area contributed by atoms with E-state index in [2.05, 4.69) is 15.9 Å². The van der Waals surface area contributed by atoms with Gasteiger partial charge < -0.3 is 28.5 Å². The normalized spacial score (nSPS) is 16.8. The van der Waals surface area contributed by atoms with Crippen molar-refractivity contribution in [1.29, 1.82) is 0 Å². The predicted molar refractivity (Wildman–Crippen MR) is 139 cm³/mol. The third kappa shape index (κ3) is 8.39. The fraction of sp³-hybridized carbons (Fsp3) is 0.519. The van der Waals surface area contributed by atoms with Gasteiger partial charge >= 0.3 is 12.1 Å². The van der Waals surface area contributed by atoms with Gasteiger partial charge in [-0.3, -0.25) is 9.59 Å². The van der Waals surface area contributed by atoms with E-state index in [4.69, 9.17) is 28.5 Å². The number of nitrogens with zero attached hydrogens (tertiary/aromatic N) is 1. The van der Waals surface area contributed by atoms with Gasteiger partial charge in [0.05, 0.1) is 42.9 Å². The number of carbonyl (C=O) groups excluding carboxylic acids is 3. The van der Waals surface area contributed by atoms with Crippen molar-refractivity contribution in [3.63, 3.8) is 0 Å². The van der Waals surface area contributed by atoms with Gasteiger partial charge in [-0.2, -0.15) is 0 Å². The topological polar surface area (TPSA) is 125 Å². The fourth-order valence-corrected chi connectivity index (χ4v) is 4.66. The zero-order valence-electron chi connectivity index (χ0n) is 21.6. The second kappa shape index (κ2) is 15.0. The van der Waals surface area contributed by atoms with Crippen molar-refractivity contribution in [2.24, 2.45) is 5.92 Å². The molecule has 0 spiro atoms. The third-order valence-corrected chi connectivity index (χ3v) is 6.68. The van der Waals surface area contributed by atoms with Crippen molar-refractivity contribution in [3.05, 3.63) is 58.0 Å². The molecule has 3 rings (SSSR count). The summed E-state index contributed by atoms with van der Waals surface area (Å²) in [4.78, 5) is 39.1. The molecule has 2 aromatic rings. The zero-order chi connectivity index (χ0) is 27.5. The second-order valence-corrected chi connectivity index (χ2v) is 9.77. The number of halogens is 1. The van der Waals surface area contributed by atoms with E-state index < -0.39 is 36.0 Å². The van der Waals surface area contributed by atoms with Gasteiger partial charge in [-0.15, -0.1) is 0 Å². The third-order valence-electron chi connectivity index (χ3n) is 6.01. The van der Waals surface area contributed by atoms with Crippen molar-refractivity contribution in [2.75, 3.05) is 39.6 Å². The summed E-state index contributed by atoms with van der Waals surface area (Å²) >= 11 is 3.48. The maximum Gasteiger partial charge on any atom is 0.416 e. The van der Waals surface area contributed by atoms with E-state index in [0.29, 0.717) is 55.1 Å². The number of cyclic esters (lactones) is 1. The molecule has 0 unspecified atom stereocenters. The molecule has 1 aliphatic rings. The Kier molecular flexibility index (Phi) is 11.8. The Balaban J connectivity index is 1.66. The smallest absolute Gasteiger partial charge is 0.416 e. The highest BCUT2D eigenvalue weighted by atomic mass is 79.9. The molecule has 38 heavy (non-hydrogen) atoms. The van der Waals surface area contributed by atoms with Crippen LogP contribution in [0.5, 0.6) is 0 Å². The maximum atomic E-state index is 13.5. The van der Waals surface area contributed by atoms with Gasteiger partial charge in [0.2, 0.25) is 5.91 Å². The van der Waals surface area contributed by atoms with E-state index in [-0.39, 0.29) is 19.8 Å². The van der Waals surface area contributed by atoms with Crippen LogP contribution in [0.3, 0.4) is 0 Å². The summed E-state index contributed by atoms with van der Waals surface area (Å²) in [7, 11) is 0. The molecule has 10 nitrogen and oxygen atoms in total. The molecule has 3 atom stereocenters. The average Bonchev–Trinajstić information content (AvgIpc) is 3.45. The van der Waals surface area contributed by atoms with Gasteiger partial charge in [0, 0.05) is 20.0 Å². The standard InChI is InChI=1S/C27H34BrNO9/c1-18(26(32)29-21(17-36-27(29)33)15-20-7-4-3-5-8-20)25(37-19(2)31)24-16-22(28)23(38-24)9-6-11-34-13-14-35-12-10-30/h3-5,7-8,16,18,21,25,30H,6,9-15,17H2,1-2H3/t18-,21-,25-/m1/s1. The lowest BCUT2D eigenvalue weighted by Crippen LogP contribution is -2.44. The zero-order valence-corrected chi connectivity index (χ0v) is 23.2. The van der Waals surface area contributed by atoms with Crippen LogP contribution >= 0.6 is 15.9 Å². The van der Waals surface area contributed by atoms with Crippen LogP contribution in [0.25, 0.3) is 0 Å². The number of aliphatic hydroxyl groups is 1. The van der Waals surface area contributed by atoms with E-state index in [1.165, 1.54) is 6.92 Å². The number of hydrogen-bond donors (Lipinski definition) is 1. The summed E-state index contributed by atoms with van der Waals surface area (Å²) in [5.41, 5.74) is 0.971. The molecule has 208 valence electrons. The van der Waals surface area contributed by atoms with E-state index in [1.54, 1.807) is 13.0 Å². The van der Waals surface area contributed by atoms with E-state index in [0.717, 1.165) is 10.5 Å². The SMILES string of the molecule is CC(=O)O[C@@H](c1cc(Br)c(CCCOCCOCCO)o1)[C@@H](C)C(=O)N1C(=O)OC[C@H]1Cc1ccccc1. The molecule has 0 bridgehead atoms. The summed E-state index contributed by atoms with van der Waals surface area (Å²) in [6.45, 7) is 4.51. The van der Waals surface area contributed by atoms with Crippen LogP contribution in [0.15, 0.2) is 45.3 Å². The molecule has 0 aliphatic carbocycles. The molecule has 2 amide bonds. The summed E-state index contributed by atoms with van der Waals surface area (Å²) in [5, 5.41) is 8.70. The van der Waals surface area contributed by atoms with Crippen LogP contribution in [0.2, 0.25) is 0 Å². The minimum Gasteiger partial charge on any atom is -0.461 e. The molecule has 1 N–H and O–H groups in total. The largest absolute Gasteiger partial charge is 0.461 e. The monoisotopic (exact) mass is 595 g/mol. The average molecular weight is 596 g/mol. The van der Waals surface area contributed by atoms with E-state index >= 15 is 0 Å². The Morgan fingerprint density at radius 2 is 1.87 bits per heavy atom. The van der Waals surface area contributed by atoms with Gasteiger partial charge in [0.15, 0.2) is 6.10 Å². The van der Waals surface area contributed by atoms with Crippen LogP contribution in [-0.2, 0) is 41.4 Å². The molecule has 1 aromatic carbocycles. The molecule has 0 saturated carbocycles. The maximum absolute atomic E-state index is 13.5. The Morgan fingerprint density at radius 1 is 1.16 bits per heavy atom. The number of esters is 1. The quantitative estimate of drug-likeness (QED) is 0.241. The van der Waals surface area contributed by atoms with Crippen LogP contribution in [-0.4, -0.2) is 73.7 Å². The Bertz CT molecular complexity index is 1060. The van der Waals surface area contributed by atoms with Crippen molar-refractivity contribution < 1.29 is 42.9 Å². The number of hydrogen-bond acceptors (Lipinski definition) is 9. The molecule has 2 heterocycles. The van der Waals surface area contributed by atoms with Gasteiger partial charge in [-0.25, -0.2) is 9.69 Å². The molecule has 1 fully saturated rings. The van der Waals surface area contributed by atoms with Crippen molar-refractivity contribution >= 4 is 33.9 Å². The first-order valence-electron chi connectivity index (χ1n) is 12.6. The summed E-state index contributed by atoms with van der Waals surface area (Å²) < 4.78 is 28.1. The first kappa shape index (κ1) is 29.8. The molecule has 1 aliphatic heterocycles. The molecule has 1 saturated heterocycles. The lowest BCUT2D eigenvalue weighted by atomic mass is 9.98. The minimum atomic E-state index is -1.03. The molecule has 0 radical (unpaired) electrons. The van der Waals surface area contributed by atoms with Crippen molar-refractivity contribution in [2.45, 2.75) is 45.3 Å². The van der Waals surface area contributed by atoms with Crippen LogP contribution < -0.4 is 0 Å². The highest BCUT2D eigenvalue weighted by Crippen LogP contribution is 2.35. The minimum absolute atomic E-state index is 0.0240. The van der Waals surface area contributed by atoms with Gasteiger partial charge in [0.25, 0.3) is 0 Å². The molecule has 1 aromatic heterocycles. The number of carbonyl (C=O) groups is 3. The highest BCUT2D eigenvalue weighted by Gasteiger charge is 2.43. The number of rotatable bonds is 15. The summed E-state index contributed by atoms with van der Waals surface area (Å²) in [6.07, 6.45) is -0.0812. The number of benzene rings is 1. The first-order chi connectivity index (χ1) is 18.3. The van der Waals surface area contributed by atoms with Crippen LogP contribution in [0.4, 0.5) is 4.79 Å². The van der Waals surface area contributed by atoms with Crippen molar-refractivity contribution in [1.82, 2.24) is 4.90 Å². The summed E-state index contributed by atoms with van der Waals surface area (Å²) in [6, 6.07) is 10.7. The predicted octanol–water partition coefficient (Wildman–Crippen LogP) is 3.83. The van der Waals surface area contributed by atoms with Crippen LogP contribution in [0.1, 0.15) is 43.5 Å². The number of imide groups is 1. The van der Waals surface area contributed by atoms with Crippen LogP contribution in [0, 0.1) is 5.92 Å². The highest BCUT2D eigenvalue weighted by molar-refractivity contribution is 9.10.